The van der Waals surface area contributed by atoms with Gasteiger partial charge in [-0.25, -0.2) is 0 Å². The molecule has 2 unspecified atom stereocenters. The molecule has 2 aliphatic rings. The number of halogens is 3. The van der Waals surface area contributed by atoms with Crippen LogP contribution in [-0.4, -0.2) is 42.5 Å². The Kier molecular flexibility index (Phi) is 5.01. The number of rotatable bonds is 4. The number of aryl methyl sites for hydroxylation is 1. The molecule has 1 aliphatic carbocycles. The van der Waals surface area contributed by atoms with E-state index in [0.717, 1.165) is 24.2 Å². The van der Waals surface area contributed by atoms with Crippen LogP contribution in [0.15, 0.2) is 24.3 Å². The van der Waals surface area contributed by atoms with E-state index in [9.17, 15) is 22.8 Å². The Morgan fingerprint density at radius 1 is 1.28 bits per heavy atom. The lowest BCUT2D eigenvalue weighted by atomic mass is 9.83. The fraction of sp³-hybridized carbons (Fsp3) is 0.556. The zero-order valence-electron chi connectivity index (χ0n) is 13.8. The second kappa shape index (κ2) is 7.06. The number of hydrogen-bond donors (Lipinski definition) is 1. The van der Waals surface area contributed by atoms with E-state index in [1.807, 2.05) is 12.1 Å². The number of carbonyl (C=O) groups excluding carboxylic acids is 2. The van der Waals surface area contributed by atoms with E-state index in [4.69, 9.17) is 0 Å². The third kappa shape index (κ3) is 4.32. The maximum Gasteiger partial charge on any atom is 0.406 e. The largest absolute Gasteiger partial charge is 0.406 e. The van der Waals surface area contributed by atoms with Crippen LogP contribution in [0.3, 0.4) is 0 Å². The van der Waals surface area contributed by atoms with Gasteiger partial charge in [-0.1, -0.05) is 24.3 Å². The Bertz CT molecular complexity index is 660. The summed E-state index contributed by atoms with van der Waals surface area (Å²) in [6, 6.07) is 8.13. The van der Waals surface area contributed by atoms with E-state index in [0.29, 0.717) is 6.54 Å². The monoisotopic (exact) mass is 354 g/mol. The predicted molar refractivity (Wildman–Crippen MR) is 85.9 cm³/mol. The van der Waals surface area contributed by atoms with Crippen LogP contribution < -0.4 is 5.32 Å². The minimum absolute atomic E-state index is 0.150. The van der Waals surface area contributed by atoms with Crippen LogP contribution in [0.2, 0.25) is 0 Å². The summed E-state index contributed by atoms with van der Waals surface area (Å²) in [4.78, 5) is 24.7. The van der Waals surface area contributed by atoms with Gasteiger partial charge in [-0.2, -0.15) is 13.2 Å². The van der Waals surface area contributed by atoms with E-state index in [1.54, 1.807) is 0 Å². The molecular formula is C18H21F3N2O2. The molecule has 136 valence electrons. The molecule has 1 aromatic carbocycles. The molecule has 3 rings (SSSR count). The molecule has 0 spiro atoms. The van der Waals surface area contributed by atoms with Crippen LogP contribution >= 0.6 is 0 Å². The molecular weight excluding hydrogens is 333 g/mol. The maximum atomic E-state index is 12.4. The molecule has 0 bridgehead atoms. The normalized spacial score (nSPS) is 23.5. The highest BCUT2D eigenvalue weighted by Crippen LogP contribution is 2.31. The van der Waals surface area contributed by atoms with Gasteiger partial charge in [-0.15, -0.1) is 0 Å². The van der Waals surface area contributed by atoms with Gasteiger partial charge in [0.1, 0.15) is 6.54 Å². The summed E-state index contributed by atoms with van der Waals surface area (Å²) in [7, 11) is 0. The number of fused-ring (bicyclic) bond motifs is 1. The molecule has 0 radical (unpaired) electrons. The lowest BCUT2D eigenvalue weighted by molar-refractivity contribution is -0.157. The first-order chi connectivity index (χ1) is 11.8. The van der Waals surface area contributed by atoms with Gasteiger partial charge in [0.2, 0.25) is 11.8 Å². The summed E-state index contributed by atoms with van der Waals surface area (Å²) in [5.41, 5.74) is 2.52. The highest BCUT2D eigenvalue weighted by atomic mass is 19.4. The van der Waals surface area contributed by atoms with Gasteiger partial charge in [-0.3, -0.25) is 9.59 Å². The van der Waals surface area contributed by atoms with Crippen molar-refractivity contribution in [2.45, 2.75) is 37.8 Å². The smallest absolute Gasteiger partial charge is 0.355 e. The van der Waals surface area contributed by atoms with Crippen LogP contribution in [0.5, 0.6) is 0 Å². The molecule has 4 nitrogen and oxygen atoms in total. The van der Waals surface area contributed by atoms with Crippen molar-refractivity contribution in [3.05, 3.63) is 35.4 Å². The van der Waals surface area contributed by atoms with Gasteiger partial charge < -0.3 is 10.2 Å². The van der Waals surface area contributed by atoms with Gasteiger partial charge in [0.15, 0.2) is 0 Å². The van der Waals surface area contributed by atoms with Gasteiger partial charge in [0.05, 0.1) is 5.92 Å². The topological polar surface area (TPSA) is 49.4 Å². The summed E-state index contributed by atoms with van der Waals surface area (Å²) in [5.74, 6) is -1.42. The first kappa shape index (κ1) is 17.8. The number of nitrogens with zero attached hydrogens (tertiary/aromatic N) is 1. The second-order valence-corrected chi connectivity index (χ2v) is 6.82. The summed E-state index contributed by atoms with van der Waals surface area (Å²) < 4.78 is 37.3. The van der Waals surface area contributed by atoms with Gasteiger partial charge in [0, 0.05) is 25.4 Å². The number of carbonyl (C=O) groups is 2. The Labute approximate surface area is 144 Å². The molecule has 2 atom stereocenters. The number of benzene rings is 1. The quantitative estimate of drug-likeness (QED) is 0.904. The predicted octanol–water partition coefficient (Wildman–Crippen LogP) is 2.63. The molecule has 0 saturated carbocycles. The average Bonchev–Trinajstić information content (AvgIpc) is 2.91. The number of likely N-dealkylation sites (tertiary alicyclic amines) is 1. The number of nitrogens with one attached hydrogen (secondary N) is 1. The molecule has 25 heavy (non-hydrogen) atoms. The molecule has 1 N–H and O–H groups in total. The van der Waals surface area contributed by atoms with Gasteiger partial charge >= 0.3 is 6.18 Å². The minimum Gasteiger partial charge on any atom is -0.355 e. The Hall–Kier alpha value is -2.05. The number of hydrogen-bond acceptors (Lipinski definition) is 2. The number of amides is 2. The lowest BCUT2D eigenvalue weighted by Crippen LogP contribution is -2.38. The lowest BCUT2D eigenvalue weighted by Gasteiger charge is -2.26. The van der Waals surface area contributed by atoms with Crippen molar-refractivity contribution in [2.24, 2.45) is 5.92 Å². The first-order valence-corrected chi connectivity index (χ1v) is 8.53. The van der Waals surface area contributed by atoms with Crippen LogP contribution in [0.25, 0.3) is 0 Å². The molecule has 7 heteroatoms. The summed E-state index contributed by atoms with van der Waals surface area (Å²) >= 11 is 0. The van der Waals surface area contributed by atoms with Gasteiger partial charge in [-0.05, 0) is 30.4 Å². The fourth-order valence-corrected chi connectivity index (χ4v) is 3.75. The second-order valence-electron chi connectivity index (χ2n) is 6.82. The van der Waals surface area contributed by atoms with E-state index in [-0.39, 0.29) is 24.8 Å². The highest BCUT2D eigenvalue weighted by Gasteiger charge is 2.40. The Morgan fingerprint density at radius 2 is 2.04 bits per heavy atom. The molecule has 2 amide bonds. The van der Waals surface area contributed by atoms with Crippen LogP contribution in [-0.2, 0) is 16.0 Å². The van der Waals surface area contributed by atoms with E-state index in [2.05, 4.69) is 17.4 Å². The molecule has 1 aromatic rings. The third-order valence-corrected chi connectivity index (χ3v) is 4.97. The fourth-order valence-electron chi connectivity index (χ4n) is 3.75. The molecule has 0 aromatic heterocycles. The zero-order chi connectivity index (χ0) is 18.0. The van der Waals surface area contributed by atoms with Crippen LogP contribution in [0.1, 0.15) is 36.3 Å². The van der Waals surface area contributed by atoms with Gasteiger partial charge in [0.25, 0.3) is 0 Å². The van der Waals surface area contributed by atoms with Crippen LogP contribution in [0, 0.1) is 5.92 Å². The van der Waals surface area contributed by atoms with Crippen molar-refractivity contribution >= 4 is 11.8 Å². The first-order valence-electron chi connectivity index (χ1n) is 8.53. The molecule has 1 fully saturated rings. The Balaban J connectivity index is 1.55. The number of alkyl halides is 3. The summed E-state index contributed by atoms with van der Waals surface area (Å²) in [6.07, 6.45) is -1.53. The van der Waals surface area contributed by atoms with Crippen LogP contribution in [0.4, 0.5) is 13.2 Å². The minimum atomic E-state index is -4.44. The highest BCUT2D eigenvalue weighted by molar-refractivity contribution is 5.89. The van der Waals surface area contributed by atoms with Crippen molar-refractivity contribution in [3.63, 3.8) is 0 Å². The van der Waals surface area contributed by atoms with Crippen molar-refractivity contribution in [1.82, 2.24) is 10.2 Å². The summed E-state index contributed by atoms with van der Waals surface area (Å²) in [6.45, 7) is -0.989. The molecule has 1 saturated heterocycles. The maximum absolute atomic E-state index is 12.4. The zero-order valence-corrected chi connectivity index (χ0v) is 13.8. The van der Waals surface area contributed by atoms with Crippen molar-refractivity contribution in [3.8, 4) is 0 Å². The molecule has 1 heterocycles. The standard InChI is InChI=1S/C18H21F3N2O2/c19-18(20,21)11-23-10-14(8-16(23)24)17(25)22-9-13-6-3-5-12-4-1-2-7-15(12)13/h1-2,4,7,13-14H,3,5-6,8-11H2,(H,22,25). The Morgan fingerprint density at radius 3 is 2.80 bits per heavy atom. The van der Waals surface area contributed by atoms with E-state index >= 15 is 0 Å². The van der Waals surface area contributed by atoms with Crippen molar-refractivity contribution in [1.29, 1.82) is 0 Å². The third-order valence-electron chi connectivity index (χ3n) is 4.97. The van der Waals surface area contributed by atoms with Crippen molar-refractivity contribution in [2.75, 3.05) is 19.6 Å². The van der Waals surface area contributed by atoms with E-state index in [1.165, 1.54) is 11.1 Å². The summed E-state index contributed by atoms with van der Waals surface area (Å²) in [5, 5.41) is 2.84. The van der Waals surface area contributed by atoms with E-state index < -0.39 is 24.5 Å². The average molecular weight is 354 g/mol. The SMILES string of the molecule is O=C(NCC1CCCc2ccccc21)C1CC(=O)N(CC(F)(F)F)C1. The molecule has 1 aliphatic heterocycles. The van der Waals surface area contributed by atoms with Crippen molar-refractivity contribution < 1.29 is 22.8 Å².